The summed E-state index contributed by atoms with van der Waals surface area (Å²) in [6.07, 6.45) is 0. The van der Waals surface area contributed by atoms with Crippen LogP contribution >= 0.6 is 0 Å². The molecule has 1 aromatic carbocycles. The molecule has 3 heteroatoms. The van der Waals surface area contributed by atoms with Crippen LogP contribution in [0.5, 0.6) is 5.75 Å². The number of carbonyl (C=O) groups is 1. The second-order valence-corrected chi connectivity index (χ2v) is 3.65. The molecule has 76 valence electrons. The van der Waals surface area contributed by atoms with Crippen molar-refractivity contribution in [2.24, 2.45) is 0 Å². The van der Waals surface area contributed by atoms with Crippen LogP contribution in [-0.4, -0.2) is 16.2 Å². The van der Waals surface area contributed by atoms with Gasteiger partial charge < -0.3 is 10.2 Å². The summed E-state index contributed by atoms with van der Waals surface area (Å²) < 4.78 is 0. The minimum atomic E-state index is -0.984. The van der Waals surface area contributed by atoms with Crippen LogP contribution in [0.1, 0.15) is 41.3 Å². The van der Waals surface area contributed by atoms with Crippen molar-refractivity contribution in [2.45, 2.75) is 26.7 Å². The number of carboxylic acids is 1. The van der Waals surface area contributed by atoms with Crippen molar-refractivity contribution in [1.29, 1.82) is 0 Å². The van der Waals surface area contributed by atoms with Crippen LogP contribution < -0.4 is 0 Å². The summed E-state index contributed by atoms with van der Waals surface area (Å²) in [5.41, 5.74) is 1.41. The first-order valence-electron chi connectivity index (χ1n) is 4.51. The van der Waals surface area contributed by atoms with Crippen molar-refractivity contribution in [3.63, 3.8) is 0 Å². The number of aromatic carboxylic acids is 1. The third kappa shape index (κ3) is 1.71. The molecule has 14 heavy (non-hydrogen) atoms. The predicted octanol–water partition coefficient (Wildman–Crippen LogP) is 2.52. The van der Waals surface area contributed by atoms with Gasteiger partial charge in [-0.05, 0) is 24.5 Å². The van der Waals surface area contributed by atoms with Crippen LogP contribution in [-0.2, 0) is 0 Å². The molecule has 3 nitrogen and oxygen atoms in total. The predicted molar refractivity (Wildman–Crippen MR) is 53.9 cm³/mol. The maximum absolute atomic E-state index is 11.0. The van der Waals surface area contributed by atoms with Crippen LogP contribution in [0, 0.1) is 6.92 Å². The van der Waals surface area contributed by atoms with E-state index in [1.807, 2.05) is 13.8 Å². The fraction of sp³-hybridized carbons (Fsp3) is 0.364. The fourth-order valence-corrected chi connectivity index (χ4v) is 1.59. The number of carboxylic acid groups (broad SMARTS) is 1. The largest absolute Gasteiger partial charge is 0.508 e. The van der Waals surface area contributed by atoms with E-state index < -0.39 is 5.97 Å². The van der Waals surface area contributed by atoms with Crippen LogP contribution in [0.3, 0.4) is 0 Å². The number of aryl methyl sites for hydroxylation is 1. The van der Waals surface area contributed by atoms with Gasteiger partial charge >= 0.3 is 5.97 Å². The Morgan fingerprint density at radius 1 is 1.36 bits per heavy atom. The van der Waals surface area contributed by atoms with Crippen LogP contribution in [0.25, 0.3) is 0 Å². The number of rotatable bonds is 2. The fourth-order valence-electron chi connectivity index (χ4n) is 1.59. The van der Waals surface area contributed by atoms with Gasteiger partial charge in [-0.3, -0.25) is 0 Å². The normalized spacial score (nSPS) is 10.6. The van der Waals surface area contributed by atoms with Gasteiger partial charge in [-0.15, -0.1) is 0 Å². The van der Waals surface area contributed by atoms with Crippen molar-refractivity contribution in [1.82, 2.24) is 0 Å². The zero-order chi connectivity index (χ0) is 10.9. The Kier molecular flexibility index (Phi) is 2.79. The van der Waals surface area contributed by atoms with Crippen LogP contribution in [0.2, 0.25) is 0 Å². The molecule has 0 saturated carbocycles. The second-order valence-electron chi connectivity index (χ2n) is 3.65. The lowest BCUT2D eigenvalue weighted by Gasteiger charge is -2.13. The molecule has 0 radical (unpaired) electrons. The molecule has 1 aromatic rings. The molecule has 0 bridgehead atoms. The van der Waals surface area contributed by atoms with Crippen molar-refractivity contribution in [3.05, 3.63) is 28.8 Å². The third-order valence-corrected chi connectivity index (χ3v) is 2.22. The highest BCUT2D eigenvalue weighted by Gasteiger charge is 2.18. The van der Waals surface area contributed by atoms with E-state index in [-0.39, 0.29) is 17.2 Å². The maximum Gasteiger partial charge on any atom is 0.336 e. The molecule has 0 fully saturated rings. The topological polar surface area (TPSA) is 57.5 Å². The van der Waals surface area contributed by atoms with Gasteiger partial charge in [0.15, 0.2) is 0 Å². The number of hydrogen-bond acceptors (Lipinski definition) is 2. The second kappa shape index (κ2) is 3.70. The molecule has 0 heterocycles. The average molecular weight is 194 g/mol. The highest BCUT2D eigenvalue weighted by molar-refractivity contribution is 5.92. The lowest BCUT2D eigenvalue weighted by atomic mass is 9.93. The molecule has 1 rings (SSSR count). The molecule has 0 aromatic heterocycles. The summed E-state index contributed by atoms with van der Waals surface area (Å²) in [5, 5.41) is 18.6. The maximum atomic E-state index is 11.0. The molecule has 0 spiro atoms. The third-order valence-electron chi connectivity index (χ3n) is 2.22. The Morgan fingerprint density at radius 2 is 1.93 bits per heavy atom. The molecule has 0 amide bonds. The van der Waals surface area contributed by atoms with E-state index in [1.54, 1.807) is 13.0 Å². The lowest BCUT2D eigenvalue weighted by molar-refractivity contribution is 0.0694. The Bertz CT molecular complexity index is 367. The molecule has 0 aliphatic carbocycles. The summed E-state index contributed by atoms with van der Waals surface area (Å²) in [7, 11) is 0. The number of phenols is 1. The van der Waals surface area contributed by atoms with Gasteiger partial charge in [-0.2, -0.15) is 0 Å². The summed E-state index contributed by atoms with van der Waals surface area (Å²) in [6.45, 7) is 5.46. The highest BCUT2D eigenvalue weighted by atomic mass is 16.4. The lowest BCUT2D eigenvalue weighted by Crippen LogP contribution is -2.06. The van der Waals surface area contributed by atoms with Crippen molar-refractivity contribution in [3.8, 4) is 5.75 Å². The first-order valence-corrected chi connectivity index (χ1v) is 4.51. The van der Waals surface area contributed by atoms with Crippen molar-refractivity contribution in [2.75, 3.05) is 0 Å². The molecule has 0 atom stereocenters. The zero-order valence-electron chi connectivity index (χ0n) is 8.53. The number of aromatic hydroxyl groups is 1. The Morgan fingerprint density at radius 3 is 2.29 bits per heavy atom. The van der Waals surface area contributed by atoms with Crippen LogP contribution in [0.4, 0.5) is 0 Å². The van der Waals surface area contributed by atoms with Gasteiger partial charge in [0.2, 0.25) is 0 Å². The first-order chi connectivity index (χ1) is 6.45. The van der Waals surface area contributed by atoms with Crippen LogP contribution in [0.15, 0.2) is 12.1 Å². The summed E-state index contributed by atoms with van der Waals surface area (Å²) in [4.78, 5) is 11.0. The number of hydrogen-bond donors (Lipinski definition) is 2. The highest BCUT2D eigenvalue weighted by Crippen LogP contribution is 2.30. The van der Waals surface area contributed by atoms with Gasteiger partial charge in [-0.25, -0.2) is 4.79 Å². The minimum Gasteiger partial charge on any atom is -0.508 e. The molecule has 0 saturated heterocycles. The summed E-state index contributed by atoms with van der Waals surface area (Å²) in [6, 6.07) is 3.15. The molecule has 2 N–H and O–H groups in total. The molecule has 0 aliphatic heterocycles. The SMILES string of the molecule is Cc1ccc(O)c(C(C)C)c1C(=O)O. The van der Waals surface area contributed by atoms with Crippen molar-refractivity contribution < 1.29 is 15.0 Å². The number of benzene rings is 1. The standard InChI is InChI=1S/C11H14O3/c1-6(2)9-8(12)5-4-7(3)10(9)11(13)14/h4-6,12H,1-3H3,(H,13,14). The molecular formula is C11H14O3. The van der Waals surface area contributed by atoms with Gasteiger partial charge in [0, 0.05) is 5.56 Å². The van der Waals surface area contributed by atoms with E-state index in [4.69, 9.17) is 5.11 Å². The van der Waals surface area contributed by atoms with Crippen molar-refractivity contribution >= 4 is 5.97 Å². The van der Waals surface area contributed by atoms with E-state index in [2.05, 4.69) is 0 Å². The zero-order valence-corrected chi connectivity index (χ0v) is 8.53. The Labute approximate surface area is 83.0 Å². The monoisotopic (exact) mass is 194 g/mol. The van der Waals surface area contributed by atoms with Gasteiger partial charge in [0.05, 0.1) is 5.56 Å². The summed E-state index contributed by atoms with van der Waals surface area (Å²) in [5.74, 6) is -0.925. The Balaban J connectivity index is 3.50. The van der Waals surface area contributed by atoms with E-state index in [0.29, 0.717) is 11.1 Å². The average Bonchev–Trinajstić information content (AvgIpc) is 2.07. The van der Waals surface area contributed by atoms with Gasteiger partial charge in [0.1, 0.15) is 5.75 Å². The number of phenolic OH excluding ortho intramolecular Hbond substituents is 1. The van der Waals surface area contributed by atoms with E-state index >= 15 is 0 Å². The Hall–Kier alpha value is -1.51. The minimum absolute atomic E-state index is 0.000926. The summed E-state index contributed by atoms with van der Waals surface area (Å²) >= 11 is 0. The molecule has 0 aliphatic rings. The quantitative estimate of drug-likeness (QED) is 0.760. The van der Waals surface area contributed by atoms with E-state index in [0.717, 1.165) is 0 Å². The molecule has 0 unspecified atom stereocenters. The van der Waals surface area contributed by atoms with Gasteiger partial charge in [-0.1, -0.05) is 19.9 Å². The van der Waals surface area contributed by atoms with E-state index in [1.165, 1.54) is 6.07 Å². The smallest absolute Gasteiger partial charge is 0.336 e. The first kappa shape index (κ1) is 10.6. The van der Waals surface area contributed by atoms with E-state index in [9.17, 15) is 9.90 Å². The molecular weight excluding hydrogens is 180 g/mol. The van der Waals surface area contributed by atoms with Gasteiger partial charge in [0.25, 0.3) is 0 Å².